The zero-order valence-corrected chi connectivity index (χ0v) is 11.9. The molecule has 2 atom stereocenters. The number of ether oxygens (including phenoxy) is 1. The lowest BCUT2D eigenvalue weighted by Crippen LogP contribution is -2.44. The summed E-state index contributed by atoms with van der Waals surface area (Å²) in [5, 5.41) is 10.6. The highest BCUT2D eigenvalue weighted by atomic mass is 16.5. The van der Waals surface area contributed by atoms with E-state index in [1.807, 2.05) is 6.07 Å². The fourth-order valence-electron chi connectivity index (χ4n) is 2.27. The van der Waals surface area contributed by atoms with Crippen LogP contribution >= 0.6 is 0 Å². The number of amides is 1. The van der Waals surface area contributed by atoms with E-state index in [-0.39, 0.29) is 18.1 Å². The second-order valence-corrected chi connectivity index (χ2v) is 5.25. The van der Waals surface area contributed by atoms with E-state index in [0.29, 0.717) is 11.6 Å². The number of nitrogens with zero attached hydrogens (tertiary/aromatic N) is 2. The number of rotatable bonds is 4. The predicted octanol–water partition coefficient (Wildman–Crippen LogP) is 0.260. The van der Waals surface area contributed by atoms with Crippen LogP contribution in [0.5, 0.6) is 0 Å². The summed E-state index contributed by atoms with van der Waals surface area (Å²) in [5.41, 5.74) is 1.52. The molecular formula is C13H22N4O2. The molecule has 1 fully saturated rings. The van der Waals surface area contributed by atoms with Gasteiger partial charge >= 0.3 is 0 Å². The number of hydrogen-bond acceptors (Lipinski definition) is 4. The molecule has 1 aromatic rings. The van der Waals surface area contributed by atoms with Crippen molar-refractivity contribution in [1.82, 2.24) is 20.4 Å². The molecule has 0 saturated carbocycles. The fourth-order valence-corrected chi connectivity index (χ4v) is 2.27. The highest BCUT2D eigenvalue weighted by molar-refractivity contribution is 5.93. The molecule has 0 aliphatic carbocycles. The molecule has 0 spiro atoms. The summed E-state index contributed by atoms with van der Waals surface area (Å²) in [6, 6.07) is 1.86. The van der Waals surface area contributed by atoms with E-state index in [4.69, 9.17) is 4.74 Å². The van der Waals surface area contributed by atoms with Crippen molar-refractivity contribution in [2.24, 2.45) is 7.05 Å². The fraction of sp³-hybridized carbons (Fsp3) is 0.692. The van der Waals surface area contributed by atoms with E-state index in [1.54, 1.807) is 18.8 Å². The number of carbonyl (C=O) groups excluding carboxylic acids is 1. The zero-order valence-electron chi connectivity index (χ0n) is 11.9. The third-order valence-electron chi connectivity index (χ3n) is 3.50. The Balaban J connectivity index is 2.07. The van der Waals surface area contributed by atoms with Crippen molar-refractivity contribution < 1.29 is 9.53 Å². The average Bonchev–Trinajstić information content (AvgIpc) is 2.95. The molecule has 19 heavy (non-hydrogen) atoms. The van der Waals surface area contributed by atoms with Crippen molar-refractivity contribution in [1.29, 1.82) is 0 Å². The van der Waals surface area contributed by atoms with Crippen molar-refractivity contribution in [2.45, 2.75) is 31.9 Å². The van der Waals surface area contributed by atoms with E-state index in [1.165, 1.54) is 0 Å². The molecule has 0 bridgehead atoms. The lowest BCUT2D eigenvalue weighted by Gasteiger charge is -2.18. The van der Waals surface area contributed by atoms with Gasteiger partial charge < -0.3 is 15.4 Å². The minimum atomic E-state index is -0.0994. The Morgan fingerprint density at radius 3 is 2.89 bits per heavy atom. The molecule has 6 nitrogen and oxygen atoms in total. The van der Waals surface area contributed by atoms with Crippen LogP contribution in [0.15, 0.2) is 6.07 Å². The van der Waals surface area contributed by atoms with Crippen molar-refractivity contribution in [3.05, 3.63) is 17.5 Å². The Morgan fingerprint density at radius 2 is 2.32 bits per heavy atom. The van der Waals surface area contributed by atoms with Crippen LogP contribution in [0.4, 0.5) is 0 Å². The second-order valence-electron chi connectivity index (χ2n) is 5.25. The van der Waals surface area contributed by atoms with Gasteiger partial charge in [0.2, 0.25) is 0 Å². The van der Waals surface area contributed by atoms with Gasteiger partial charge in [0, 0.05) is 27.2 Å². The van der Waals surface area contributed by atoms with Gasteiger partial charge in [-0.15, -0.1) is 0 Å². The predicted molar refractivity (Wildman–Crippen MR) is 72.2 cm³/mol. The van der Waals surface area contributed by atoms with E-state index in [2.05, 4.69) is 29.6 Å². The van der Waals surface area contributed by atoms with Crippen molar-refractivity contribution in [2.75, 3.05) is 20.2 Å². The highest BCUT2D eigenvalue weighted by Crippen LogP contribution is 2.14. The Kier molecular flexibility index (Phi) is 4.21. The van der Waals surface area contributed by atoms with Crippen LogP contribution in [0.25, 0.3) is 0 Å². The normalized spacial score (nSPS) is 23.0. The van der Waals surface area contributed by atoms with Crippen LogP contribution in [0, 0.1) is 0 Å². The standard InChI is InChI=1S/C13H22N4O2/c1-8(2)9-5-11(17(3)16-9)13(18)15-10-6-14-7-12(10)19-4/h5,8,10,12,14H,6-7H2,1-4H3,(H,15,18)/t10?,12-/m0/s1. The maximum Gasteiger partial charge on any atom is 0.269 e. The number of aromatic nitrogens is 2. The molecule has 1 saturated heterocycles. The van der Waals surface area contributed by atoms with Gasteiger partial charge in [-0.3, -0.25) is 9.48 Å². The topological polar surface area (TPSA) is 68.2 Å². The SMILES string of the molecule is CO[C@H]1CNCC1NC(=O)c1cc(C(C)C)nn1C. The minimum absolute atomic E-state index is 0.00917. The van der Waals surface area contributed by atoms with Crippen LogP contribution in [0.2, 0.25) is 0 Å². The smallest absolute Gasteiger partial charge is 0.269 e. The highest BCUT2D eigenvalue weighted by Gasteiger charge is 2.29. The quantitative estimate of drug-likeness (QED) is 0.820. The molecule has 2 heterocycles. The zero-order chi connectivity index (χ0) is 14.0. The molecule has 1 aliphatic heterocycles. The Morgan fingerprint density at radius 1 is 1.58 bits per heavy atom. The van der Waals surface area contributed by atoms with Crippen LogP contribution in [0.3, 0.4) is 0 Å². The van der Waals surface area contributed by atoms with Gasteiger partial charge in [-0.05, 0) is 12.0 Å². The molecule has 6 heteroatoms. The van der Waals surface area contributed by atoms with Gasteiger partial charge in [0.25, 0.3) is 5.91 Å². The van der Waals surface area contributed by atoms with Gasteiger partial charge in [0.05, 0.1) is 17.8 Å². The van der Waals surface area contributed by atoms with Gasteiger partial charge in [-0.1, -0.05) is 13.8 Å². The Hall–Kier alpha value is -1.40. The number of methoxy groups -OCH3 is 1. The molecule has 1 aliphatic rings. The number of carbonyl (C=O) groups is 1. The molecule has 0 aromatic carbocycles. The summed E-state index contributed by atoms with van der Waals surface area (Å²) < 4.78 is 6.97. The van der Waals surface area contributed by atoms with E-state index in [9.17, 15) is 4.79 Å². The first-order chi connectivity index (χ1) is 9.02. The van der Waals surface area contributed by atoms with Gasteiger partial charge in [-0.25, -0.2) is 0 Å². The summed E-state index contributed by atoms with van der Waals surface area (Å²) in [5.74, 6) is 0.213. The summed E-state index contributed by atoms with van der Waals surface area (Å²) in [4.78, 5) is 12.3. The summed E-state index contributed by atoms with van der Waals surface area (Å²) in [6.07, 6.45) is 0.0294. The van der Waals surface area contributed by atoms with Gasteiger partial charge in [0.15, 0.2) is 0 Å². The number of nitrogens with one attached hydrogen (secondary N) is 2. The maximum atomic E-state index is 12.3. The molecular weight excluding hydrogens is 244 g/mol. The third kappa shape index (κ3) is 2.96. The molecule has 2 N–H and O–H groups in total. The second kappa shape index (κ2) is 5.71. The molecule has 0 radical (unpaired) electrons. The summed E-state index contributed by atoms with van der Waals surface area (Å²) in [7, 11) is 3.46. The van der Waals surface area contributed by atoms with Crippen molar-refractivity contribution >= 4 is 5.91 Å². The molecule has 106 valence electrons. The average molecular weight is 266 g/mol. The Labute approximate surface area is 113 Å². The molecule has 1 unspecified atom stereocenters. The first-order valence-corrected chi connectivity index (χ1v) is 6.61. The van der Waals surface area contributed by atoms with Crippen molar-refractivity contribution in [3.63, 3.8) is 0 Å². The van der Waals surface area contributed by atoms with Crippen LogP contribution < -0.4 is 10.6 Å². The van der Waals surface area contributed by atoms with Crippen molar-refractivity contribution in [3.8, 4) is 0 Å². The lowest BCUT2D eigenvalue weighted by molar-refractivity contribution is 0.0773. The van der Waals surface area contributed by atoms with E-state index in [0.717, 1.165) is 18.8 Å². The molecule has 1 aromatic heterocycles. The van der Waals surface area contributed by atoms with Crippen LogP contribution in [-0.2, 0) is 11.8 Å². The van der Waals surface area contributed by atoms with Crippen LogP contribution in [-0.4, -0.2) is 48.0 Å². The summed E-state index contributed by atoms with van der Waals surface area (Å²) >= 11 is 0. The third-order valence-corrected chi connectivity index (χ3v) is 3.50. The van der Waals surface area contributed by atoms with Gasteiger partial charge in [-0.2, -0.15) is 5.10 Å². The lowest BCUT2D eigenvalue weighted by atomic mass is 10.1. The number of aryl methyl sites for hydroxylation is 1. The largest absolute Gasteiger partial charge is 0.378 e. The monoisotopic (exact) mass is 266 g/mol. The maximum absolute atomic E-state index is 12.3. The number of hydrogen-bond donors (Lipinski definition) is 2. The Bertz CT molecular complexity index is 455. The first-order valence-electron chi connectivity index (χ1n) is 6.61. The van der Waals surface area contributed by atoms with E-state index >= 15 is 0 Å². The molecule has 1 amide bonds. The summed E-state index contributed by atoms with van der Waals surface area (Å²) in [6.45, 7) is 5.63. The van der Waals surface area contributed by atoms with Gasteiger partial charge in [0.1, 0.15) is 5.69 Å². The minimum Gasteiger partial charge on any atom is -0.378 e. The molecule has 2 rings (SSSR count). The van der Waals surface area contributed by atoms with Crippen LogP contribution in [0.1, 0.15) is 35.9 Å². The van der Waals surface area contributed by atoms with E-state index < -0.39 is 0 Å². The first kappa shape index (κ1) is 14.0.